The van der Waals surface area contributed by atoms with E-state index in [0.717, 1.165) is 11.3 Å². The molecule has 0 aromatic heterocycles. The number of halogens is 4. The van der Waals surface area contributed by atoms with E-state index in [4.69, 9.17) is 11.5 Å². The second-order valence-corrected chi connectivity index (χ2v) is 5.64. The van der Waals surface area contributed by atoms with Gasteiger partial charge in [-0.25, -0.2) is 22.6 Å². The van der Waals surface area contributed by atoms with Crippen LogP contribution in [0.3, 0.4) is 0 Å². The molecule has 9 heteroatoms. The van der Waals surface area contributed by atoms with E-state index in [2.05, 4.69) is 9.98 Å². The standard InChI is InChI=1S/C14H15F4N5/c15-7-6-8(16)10(18)11(9(7)17)23-13(20)21-12(19)22-14(23)4-2-1-3-5-14/h6H,1-5H2,(H4,19,20,21,22). The van der Waals surface area contributed by atoms with Gasteiger partial charge in [0.15, 0.2) is 23.3 Å². The Morgan fingerprint density at radius 3 is 2.09 bits per heavy atom. The summed E-state index contributed by atoms with van der Waals surface area (Å²) in [5.74, 6) is -6.58. The molecule has 3 rings (SSSR count). The maximum atomic E-state index is 14.2. The maximum absolute atomic E-state index is 14.2. The second kappa shape index (κ2) is 5.39. The molecule has 1 aromatic carbocycles. The van der Waals surface area contributed by atoms with Crippen LogP contribution in [0, 0.1) is 23.3 Å². The van der Waals surface area contributed by atoms with Crippen LogP contribution in [0.1, 0.15) is 32.1 Å². The first-order chi connectivity index (χ1) is 10.9. The average molecular weight is 329 g/mol. The molecule has 2 aliphatic rings. The molecule has 0 atom stereocenters. The molecule has 1 saturated carbocycles. The first-order valence-corrected chi connectivity index (χ1v) is 7.18. The highest BCUT2D eigenvalue weighted by atomic mass is 19.2. The SMILES string of the molecule is NC1=NC2(CCCCC2)N(c2c(F)c(F)cc(F)c2F)C(N)=N1. The van der Waals surface area contributed by atoms with Crippen LogP contribution in [0.2, 0.25) is 0 Å². The Balaban J connectivity index is 2.23. The Hall–Kier alpha value is -2.32. The number of benzene rings is 1. The molecule has 1 aliphatic carbocycles. The smallest absolute Gasteiger partial charge is 0.220 e. The van der Waals surface area contributed by atoms with E-state index in [1.807, 2.05) is 0 Å². The van der Waals surface area contributed by atoms with Gasteiger partial charge in [0.05, 0.1) is 0 Å². The lowest BCUT2D eigenvalue weighted by molar-refractivity contribution is 0.300. The van der Waals surface area contributed by atoms with Crippen molar-refractivity contribution in [3.05, 3.63) is 29.3 Å². The predicted molar refractivity (Wildman–Crippen MR) is 77.8 cm³/mol. The molecule has 0 saturated heterocycles. The molecule has 0 amide bonds. The Morgan fingerprint density at radius 2 is 1.52 bits per heavy atom. The van der Waals surface area contributed by atoms with Gasteiger partial charge < -0.3 is 11.5 Å². The van der Waals surface area contributed by atoms with Crippen LogP contribution in [-0.2, 0) is 0 Å². The van der Waals surface area contributed by atoms with Crippen molar-refractivity contribution < 1.29 is 17.6 Å². The molecular weight excluding hydrogens is 314 g/mol. The number of aliphatic imine (C=N–C) groups is 2. The lowest BCUT2D eigenvalue weighted by Crippen LogP contribution is -2.59. The number of hydrogen-bond acceptors (Lipinski definition) is 5. The summed E-state index contributed by atoms with van der Waals surface area (Å²) in [6, 6.07) is 0.149. The zero-order valence-electron chi connectivity index (χ0n) is 12.1. The summed E-state index contributed by atoms with van der Waals surface area (Å²) in [5.41, 5.74) is 9.30. The van der Waals surface area contributed by atoms with Crippen molar-refractivity contribution in [3.8, 4) is 0 Å². The summed E-state index contributed by atoms with van der Waals surface area (Å²) in [7, 11) is 0. The summed E-state index contributed by atoms with van der Waals surface area (Å²) < 4.78 is 55.6. The monoisotopic (exact) mass is 329 g/mol. The average Bonchev–Trinajstić information content (AvgIpc) is 2.49. The largest absolute Gasteiger partial charge is 0.369 e. The molecule has 1 heterocycles. The maximum Gasteiger partial charge on any atom is 0.220 e. The first-order valence-electron chi connectivity index (χ1n) is 7.18. The van der Waals surface area contributed by atoms with E-state index in [9.17, 15) is 17.6 Å². The minimum atomic E-state index is -1.54. The topological polar surface area (TPSA) is 80.0 Å². The van der Waals surface area contributed by atoms with Gasteiger partial charge in [-0.05, 0) is 25.7 Å². The number of guanidine groups is 2. The third-order valence-corrected chi connectivity index (χ3v) is 4.16. The van der Waals surface area contributed by atoms with Gasteiger partial charge in [-0.15, -0.1) is 0 Å². The quantitative estimate of drug-likeness (QED) is 0.613. The van der Waals surface area contributed by atoms with Crippen molar-refractivity contribution in [1.29, 1.82) is 0 Å². The van der Waals surface area contributed by atoms with Crippen molar-refractivity contribution in [2.45, 2.75) is 37.8 Å². The van der Waals surface area contributed by atoms with Gasteiger partial charge in [-0.2, -0.15) is 4.99 Å². The lowest BCUT2D eigenvalue weighted by Gasteiger charge is -2.45. The van der Waals surface area contributed by atoms with Crippen molar-refractivity contribution in [2.75, 3.05) is 4.90 Å². The molecule has 1 aromatic rings. The Morgan fingerprint density at radius 1 is 0.957 bits per heavy atom. The van der Waals surface area contributed by atoms with E-state index in [1.165, 1.54) is 0 Å². The number of rotatable bonds is 1. The van der Waals surface area contributed by atoms with Crippen LogP contribution in [0.4, 0.5) is 23.2 Å². The zero-order chi connectivity index (χ0) is 16.8. The van der Waals surface area contributed by atoms with E-state index >= 15 is 0 Å². The summed E-state index contributed by atoms with van der Waals surface area (Å²) in [5, 5.41) is 0. The normalized spacial score (nSPS) is 20.4. The molecule has 23 heavy (non-hydrogen) atoms. The Kier molecular flexibility index (Phi) is 3.65. The van der Waals surface area contributed by atoms with Crippen molar-refractivity contribution in [1.82, 2.24) is 0 Å². The van der Waals surface area contributed by atoms with Crippen molar-refractivity contribution in [3.63, 3.8) is 0 Å². The molecule has 124 valence electrons. The van der Waals surface area contributed by atoms with Gasteiger partial charge in [0.2, 0.25) is 11.9 Å². The molecule has 1 aliphatic heterocycles. The minimum absolute atomic E-state index is 0.127. The van der Waals surface area contributed by atoms with E-state index in [0.29, 0.717) is 25.7 Å². The highest BCUT2D eigenvalue weighted by molar-refractivity contribution is 6.05. The van der Waals surface area contributed by atoms with Crippen molar-refractivity contribution >= 4 is 17.6 Å². The first kappa shape index (κ1) is 15.6. The summed E-state index contributed by atoms with van der Waals surface area (Å²) in [4.78, 5) is 8.83. The highest BCUT2D eigenvalue weighted by Gasteiger charge is 2.45. The summed E-state index contributed by atoms with van der Waals surface area (Å²) >= 11 is 0. The van der Waals surface area contributed by atoms with Gasteiger partial charge in [0, 0.05) is 6.07 Å². The van der Waals surface area contributed by atoms with E-state index < -0.39 is 34.6 Å². The van der Waals surface area contributed by atoms with Crippen LogP contribution in [0.15, 0.2) is 16.1 Å². The molecular formula is C14H15F4N5. The molecule has 0 radical (unpaired) electrons. The molecule has 0 bridgehead atoms. The van der Waals surface area contributed by atoms with Crippen LogP contribution in [0.25, 0.3) is 0 Å². The Bertz CT molecular complexity index is 683. The van der Waals surface area contributed by atoms with Crippen LogP contribution < -0.4 is 16.4 Å². The number of anilines is 1. The fourth-order valence-corrected chi connectivity index (χ4v) is 3.20. The zero-order valence-corrected chi connectivity index (χ0v) is 12.1. The second-order valence-electron chi connectivity index (χ2n) is 5.64. The highest BCUT2D eigenvalue weighted by Crippen LogP contribution is 2.41. The van der Waals surface area contributed by atoms with Gasteiger partial charge in [0.25, 0.3) is 0 Å². The van der Waals surface area contributed by atoms with Gasteiger partial charge >= 0.3 is 0 Å². The molecule has 0 unspecified atom stereocenters. The molecule has 5 nitrogen and oxygen atoms in total. The third kappa shape index (κ3) is 2.40. The lowest BCUT2D eigenvalue weighted by atomic mass is 9.87. The number of nitrogens with two attached hydrogens (primary N) is 2. The third-order valence-electron chi connectivity index (χ3n) is 4.16. The molecule has 4 N–H and O–H groups in total. The molecule has 1 fully saturated rings. The number of nitrogens with zero attached hydrogens (tertiary/aromatic N) is 3. The predicted octanol–water partition coefficient (Wildman–Crippen LogP) is 2.35. The van der Waals surface area contributed by atoms with Gasteiger partial charge in [-0.1, -0.05) is 6.42 Å². The fraction of sp³-hybridized carbons (Fsp3) is 0.429. The van der Waals surface area contributed by atoms with E-state index in [-0.39, 0.29) is 18.0 Å². The van der Waals surface area contributed by atoms with Crippen molar-refractivity contribution in [2.24, 2.45) is 21.5 Å². The Labute approximate surface area is 129 Å². The van der Waals surface area contributed by atoms with Gasteiger partial charge in [0.1, 0.15) is 11.4 Å². The van der Waals surface area contributed by atoms with Crippen LogP contribution in [-0.4, -0.2) is 17.6 Å². The van der Waals surface area contributed by atoms with Crippen LogP contribution in [0.5, 0.6) is 0 Å². The van der Waals surface area contributed by atoms with Crippen LogP contribution >= 0.6 is 0 Å². The number of hydrogen-bond donors (Lipinski definition) is 2. The minimum Gasteiger partial charge on any atom is -0.369 e. The summed E-state index contributed by atoms with van der Waals surface area (Å²) in [6.45, 7) is 0. The summed E-state index contributed by atoms with van der Waals surface area (Å²) in [6.07, 6.45) is 3.11. The van der Waals surface area contributed by atoms with E-state index in [1.54, 1.807) is 0 Å². The molecule has 1 spiro atoms. The fourth-order valence-electron chi connectivity index (χ4n) is 3.20. The van der Waals surface area contributed by atoms with Gasteiger partial charge in [-0.3, -0.25) is 4.90 Å².